The summed E-state index contributed by atoms with van der Waals surface area (Å²) in [7, 11) is 1.82. The molecule has 1 saturated carbocycles. The van der Waals surface area contributed by atoms with Crippen LogP contribution in [0.2, 0.25) is 0 Å². The Labute approximate surface area is 202 Å². The summed E-state index contributed by atoms with van der Waals surface area (Å²) in [5.41, 5.74) is 3.64. The number of nitrogens with one attached hydrogen (secondary N) is 1. The third-order valence-corrected chi connectivity index (χ3v) is 5.89. The second kappa shape index (κ2) is 9.11. The monoisotopic (exact) mass is 469 g/mol. The zero-order chi connectivity index (χ0) is 24.5. The normalized spacial score (nSPS) is 13.7. The molecule has 2 heterocycles. The van der Waals surface area contributed by atoms with Crippen molar-refractivity contribution >= 4 is 5.91 Å². The third kappa shape index (κ3) is 4.94. The molecule has 4 aromatic rings. The summed E-state index contributed by atoms with van der Waals surface area (Å²) in [6, 6.07) is 12.3. The van der Waals surface area contributed by atoms with Crippen molar-refractivity contribution < 1.29 is 14.3 Å². The predicted octanol–water partition coefficient (Wildman–Crippen LogP) is 4.02. The van der Waals surface area contributed by atoms with Crippen LogP contribution in [-0.2, 0) is 7.05 Å². The number of halogens is 1. The Balaban J connectivity index is 1.48. The van der Waals surface area contributed by atoms with Crippen LogP contribution in [0, 0.1) is 24.6 Å². The number of amides is 1. The number of aromatic nitrogens is 4. The number of nitrogens with zero attached hydrogens (tertiary/aromatic N) is 4. The minimum Gasteiger partial charge on any atom is -0.508 e. The highest BCUT2D eigenvalue weighted by molar-refractivity contribution is 5.93. The molecule has 0 aliphatic heterocycles. The Morgan fingerprint density at radius 3 is 2.63 bits per heavy atom. The third-order valence-electron chi connectivity index (χ3n) is 5.89. The topological polar surface area (TPSA) is 85.0 Å². The van der Waals surface area contributed by atoms with Crippen molar-refractivity contribution in [2.45, 2.75) is 31.8 Å². The van der Waals surface area contributed by atoms with Crippen molar-refractivity contribution in [1.29, 1.82) is 0 Å². The van der Waals surface area contributed by atoms with E-state index in [-0.39, 0.29) is 23.0 Å². The highest BCUT2D eigenvalue weighted by Crippen LogP contribution is 2.36. The highest BCUT2D eigenvalue weighted by atomic mass is 19.1. The number of hydrogen-bond donors (Lipinski definition) is 2. The Bertz CT molecular complexity index is 1450. The molecular formula is C27H24FN5O2. The van der Waals surface area contributed by atoms with Crippen molar-refractivity contribution in [3.63, 3.8) is 0 Å². The van der Waals surface area contributed by atoms with E-state index in [2.05, 4.69) is 27.4 Å². The van der Waals surface area contributed by atoms with Gasteiger partial charge in [0.25, 0.3) is 5.91 Å². The van der Waals surface area contributed by atoms with Crippen LogP contribution >= 0.6 is 0 Å². The minimum absolute atomic E-state index is 0.108. The Morgan fingerprint density at radius 1 is 1.17 bits per heavy atom. The molecule has 2 aromatic carbocycles. The first-order chi connectivity index (χ1) is 16.9. The van der Waals surface area contributed by atoms with Crippen molar-refractivity contribution in [3.05, 3.63) is 100 Å². The average molecular weight is 470 g/mol. The molecule has 2 N–H and O–H groups in total. The van der Waals surface area contributed by atoms with E-state index in [9.17, 15) is 14.3 Å². The van der Waals surface area contributed by atoms with Gasteiger partial charge in [0.1, 0.15) is 17.3 Å². The van der Waals surface area contributed by atoms with Crippen molar-refractivity contribution in [1.82, 2.24) is 24.9 Å². The molecule has 0 radical (unpaired) electrons. The largest absolute Gasteiger partial charge is 0.508 e. The van der Waals surface area contributed by atoms with E-state index in [0.717, 1.165) is 24.0 Å². The first kappa shape index (κ1) is 22.4. The summed E-state index contributed by atoms with van der Waals surface area (Å²) in [5, 5.41) is 22.0. The molecule has 1 amide bonds. The maximum absolute atomic E-state index is 14.1. The van der Waals surface area contributed by atoms with Gasteiger partial charge in [-0.2, -0.15) is 10.2 Å². The summed E-state index contributed by atoms with van der Waals surface area (Å²) < 4.78 is 17.5. The maximum Gasteiger partial charge on any atom is 0.272 e. The first-order valence-corrected chi connectivity index (χ1v) is 11.3. The van der Waals surface area contributed by atoms with Gasteiger partial charge < -0.3 is 10.4 Å². The van der Waals surface area contributed by atoms with Crippen molar-refractivity contribution in [3.8, 4) is 17.6 Å². The smallest absolute Gasteiger partial charge is 0.272 e. The molecule has 1 aliphatic carbocycles. The van der Waals surface area contributed by atoms with E-state index >= 15 is 0 Å². The molecule has 0 bridgehead atoms. The number of aromatic hydroxyl groups is 1. The number of carbonyl (C=O) groups is 1. The molecule has 35 heavy (non-hydrogen) atoms. The number of carbonyl (C=O) groups excluding carboxylic acids is 1. The second-order valence-corrected chi connectivity index (χ2v) is 8.76. The van der Waals surface area contributed by atoms with Crippen LogP contribution in [0.25, 0.3) is 0 Å². The van der Waals surface area contributed by atoms with E-state index in [1.54, 1.807) is 21.6 Å². The van der Waals surface area contributed by atoms with Crippen LogP contribution in [0.5, 0.6) is 5.75 Å². The lowest BCUT2D eigenvalue weighted by Gasteiger charge is -2.20. The fourth-order valence-corrected chi connectivity index (χ4v) is 3.88. The predicted molar refractivity (Wildman–Crippen MR) is 128 cm³/mol. The van der Waals surface area contributed by atoms with Crippen LogP contribution < -0.4 is 5.32 Å². The number of phenolic OH excluding ortho intramolecular Hbond substituents is 1. The van der Waals surface area contributed by atoms with Gasteiger partial charge in [-0.05, 0) is 49.4 Å². The van der Waals surface area contributed by atoms with Gasteiger partial charge in [0.2, 0.25) is 0 Å². The number of phenols is 1. The lowest BCUT2D eigenvalue weighted by atomic mass is 9.96. The molecule has 5 rings (SSSR count). The van der Waals surface area contributed by atoms with E-state index in [1.165, 1.54) is 18.2 Å². The fourth-order valence-electron chi connectivity index (χ4n) is 3.88. The molecule has 1 fully saturated rings. The second-order valence-electron chi connectivity index (χ2n) is 8.76. The van der Waals surface area contributed by atoms with Crippen LogP contribution in [0.15, 0.2) is 60.9 Å². The molecule has 1 aliphatic rings. The van der Waals surface area contributed by atoms with Gasteiger partial charge in [0.05, 0.1) is 23.8 Å². The van der Waals surface area contributed by atoms with E-state index in [1.807, 2.05) is 44.4 Å². The first-order valence-electron chi connectivity index (χ1n) is 11.3. The fraction of sp³-hybridized carbons (Fsp3) is 0.222. The van der Waals surface area contributed by atoms with Crippen molar-refractivity contribution in [2.75, 3.05) is 0 Å². The molecule has 8 heteroatoms. The highest BCUT2D eigenvalue weighted by Gasteiger charge is 2.29. The summed E-state index contributed by atoms with van der Waals surface area (Å²) in [6.45, 7) is 1.95. The zero-order valence-corrected chi connectivity index (χ0v) is 19.4. The van der Waals surface area contributed by atoms with Gasteiger partial charge in [-0.15, -0.1) is 0 Å². The summed E-state index contributed by atoms with van der Waals surface area (Å²) in [6.07, 6.45) is 5.45. The minimum atomic E-state index is -0.769. The zero-order valence-electron chi connectivity index (χ0n) is 19.4. The van der Waals surface area contributed by atoms with Gasteiger partial charge in [0, 0.05) is 24.9 Å². The van der Waals surface area contributed by atoms with E-state index in [4.69, 9.17) is 0 Å². The van der Waals surface area contributed by atoms with Gasteiger partial charge in [-0.3, -0.25) is 14.2 Å². The number of aryl methyl sites for hydroxylation is 2. The summed E-state index contributed by atoms with van der Waals surface area (Å²) >= 11 is 0. The van der Waals surface area contributed by atoms with Gasteiger partial charge >= 0.3 is 0 Å². The lowest BCUT2D eigenvalue weighted by Crippen LogP contribution is -2.30. The molecule has 0 spiro atoms. The van der Waals surface area contributed by atoms with Crippen LogP contribution in [-0.4, -0.2) is 30.6 Å². The molecule has 2 aromatic heterocycles. The average Bonchev–Trinajstić information content (AvgIpc) is 3.46. The van der Waals surface area contributed by atoms with Crippen molar-refractivity contribution in [2.24, 2.45) is 7.05 Å². The van der Waals surface area contributed by atoms with Gasteiger partial charge in [-0.1, -0.05) is 35.7 Å². The quantitative estimate of drug-likeness (QED) is 0.433. The Hall–Kier alpha value is -4.38. The molecule has 0 saturated heterocycles. The van der Waals surface area contributed by atoms with E-state index < -0.39 is 17.8 Å². The lowest BCUT2D eigenvalue weighted by molar-refractivity contribution is 0.0936. The molecular weight excluding hydrogens is 445 g/mol. The summed E-state index contributed by atoms with van der Waals surface area (Å²) in [4.78, 5) is 13.3. The molecule has 7 nitrogen and oxygen atoms in total. The number of hydrogen-bond acceptors (Lipinski definition) is 4. The van der Waals surface area contributed by atoms with Crippen LogP contribution in [0.3, 0.4) is 0 Å². The Morgan fingerprint density at radius 2 is 1.94 bits per heavy atom. The maximum atomic E-state index is 14.1. The number of benzene rings is 2. The van der Waals surface area contributed by atoms with Crippen LogP contribution in [0.4, 0.5) is 4.39 Å². The van der Waals surface area contributed by atoms with Gasteiger partial charge in [-0.25, -0.2) is 4.39 Å². The summed E-state index contributed by atoms with van der Waals surface area (Å²) in [5.74, 6) is 5.12. The molecule has 1 unspecified atom stereocenters. The van der Waals surface area contributed by atoms with Gasteiger partial charge in [0.15, 0.2) is 5.69 Å². The standard InChI is InChI=1S/C27H24FN5O2/c1-17-3-6-19(7-4-17)26(23-13-20(28)8-12-25(23)34)30-27(35)24-14-22(33(31-24)21-10-11-21)9-5-18-15-29-32(2)16-18/h3-4,6-8,12-16,21,26,34H,10-11H2,1-2H3,(H,30,35). The SMILES string of the molecule is Cc1ccc(C(NC(=O)c2cc(C#Cc3cnn(C)c3)n(C3CC3)n2)c2cc(F)ccc2O)cc1. The number of rotatable bonds is 5. The molecule has 1 atom stereocenters. The van der Waals surface area contributed by atoms with Crippen LogP contribution in [0.1, 0.15) is 63.4 Å². The Kier molecular flexibility index (Phi) is 5.83. The molecule has 176 valence electrons. The van der Waals surface area contributed by atoms with E-state index in [0.29, 0.717) is 11.3 Å².